The van der Waals surface area contributed by atoms with Crippen LogP contribution in [0.4, 0.5) is 0 Å². The highest BCUT2D eigenvalue weighted by molar-refractivity contribution is 5.85. The maximum absolute atomic E-state index is 11.2. The first kappa shape index (κ1) is 10.6. The molecule has 1 heterocycles. The van der Waals surface area contributed by atoms with Gasteiger partial charge in [-0.3, -0.25) is 0 Å². The highest BCUT2D eigenvalue weighted by Gasteiger charge is 2.13. The van der Waals surface area contributed by atoms with Crippen molar-refractivity contribution in [2.24, 2.45) is 0 Å². The topological polar surface area (TPSA) is 60.2 Å². The largest absolute Gasteiger partial charge is 0.463 e. The van der Waals surface area contributed by atoms with E-state index < -0.39 is 5.97 Å². The van der Waals surface area contributed by atoms with E-state index in [1.165, 1.54) is 13.4 Å². The quantitative estimate of drug-likeness (QED) is 0.617. The van der Waals surface area contributed by atoms with E-state index >= 15 is 0 Å². The Morgan fingerprint density at radius 1 is 1.64 bits per heavy atom. The molecule has 0 aliphatic rings. The molecule has 14 heavy (non-hydrogen) atoms. The smallest absolute Gasteiger partial charge is 0.376 e. The van der Waals surface area contributed by atoms with E-state index in [-0.39, 0.29) is 5.82 Å². The van der Waals surface area contributed by atoms with Gasteiger partial charge in [0, 0.05) is 13.1 Å². The number of nitrogens with zero attached hydrogens (tertiary/aromatic N) is 4. The van der Waals surface area contributed by atoms with Crippen molar-refractivity contribution in [3.05, 3.63) is 12.2 Å². The Balaban J connectivity index is 2.67. The average molecular weight is 198 g/mol. The van der Waals surface area contributed by atoms with Gasteiger partial charge in [-0.15, -0.1) is 10.2 Å². The number of carbonyl (C=O) groups excluding carboxylic acids is 1. The maximum atomic E-state index is 11.2. The van der Waals surface area contributed by atoms with Crippen LogP contribution in [0, 0.1) is 0 Å². The lowest BCUT2D eigenvalue weighted by Crippen LogP contribution is -2.21. The summed E-state index contributed by atoms with van der Waals surface area (Å²) in [6.45, 7) is 1.49. The molecule has 0 aliphatic heterocycles. The first-order valence-electron chi connectivity index (χ1n) is 4.26. The monoisotopic (exact) mass is 198 g/mol. The second-order valence-electron chi connectivity index (χ2n) is 3.14. The van der Waals surface area contributed by atoms with E-state index in [0.29, 0.717) is 6.54 Å². The molecule has 0 saturated carbocycles. The van der Waals surface area contributed by atoms with Crippen LogP contribution in [0.15, 0.2) is 6.33 Å². The van der Waals surface area contributed by atoms with Gasteiger partial charge in [0.05, 0.1) is 7.11 Å². The van der Waals surface area contributed by atoms with Crippen molar-refractivity contribution < 1.29 is 9.53 Å². The molecule has 0 fully saturated rings. The Labute approximate surface area is 82.5 Å². The molecule has 78 valence electrons. The van der Waals surface area contributed by atoms with Crippen LogP contribution in [-0.4, -0.2) is 53.4 Å². The maximum Gasteiger partial charge on any atom is 0.376 e. The van der Waals surface area contributed by atoms with Crippen LogP contribution in [0.2, 0.25) is 0 Å². The van der Waals surface area contributed by atoms with E-state index in [0.717, 1.165) is 6.54 Å². The Morgan fingerprint density at radius 2 is 2.36 bits per heavy atom. The summed E-state index contributed by atoms with van der Waals surface area (Å²) in [5.41, 5.74) is 0. The second-order valence-corrected chi connectivity index (χ2v) is 3.14. The van der Waals surface area contributed by atoms with Crippen LogP contribution < -0.4 is 0 Å². The molecule has 0 atom stereocenters. The fraction of sp³-hybridized carbons (Fsp3) is 0.625. The fourth-order valence-electron chi connectivity index (χ4n) is 0.976. The molecule has 0 saturated heterocycles. The van der Waals surface area contributed by atoms with Gasteiger partial charge in [0.25, 0.3) is 0 Å². The molecule has 0 bridgehead atoms. The highest BCUT2D eigenvalue weighted by Crippen LogP contribution is 1.97. The molecular formula is C8H14N4O2. The number of likely N-dealkylation sites (N-methyl/N-ethyl adjacent to an activating group) is 1. The molecular weight excluding hydrogens is 184 g/mol. The van der Waals surface area contributed by atoms with Gasteiger partial charge in [-0.25, -0.2) is 4.79 Å². The molecule has 0 unspecified atom stereocenters. The molecule has 6 heteroatoms. The van der Waals surface area contributed by atoms with Crippen molar-refractivity contribution in [3.8, 4) is 0 Å². The normalized spacial score (nSPS) is 10.6. The van der Waals surface area contributed by atoms with Gasteiger partial charge in [-0.1, -0.05) is 0 Å². The zero-order valence-corrected chi connectivity index (χ0v) is 8.60. The molecule has 6 nitrogen and oxygen atoms in total. The van der Waals surface area contributed by atoms with Crippen LogP contribution in [-0.2, 0) is 11.3 Å². The third-order valence-corrected chi connectivity index (χ3v) is 1.77. The minimum absolute atomic E-state index is 0.245. The molecule has 1 aromatic rings. The van der Waals surface area contributed by atoms with Gasteiger partial charge >= 0.3 is 5.97 Å². The van der Waals surface area contributed by atoms with Gasteiger partial charge in [-0.05, 0) is 14.1 Å². The highest BCUT2D eigenvalue weighted by atomic mass is 16.5. The number of ether oxygens (including phenoxy) is 1. The van der Waals surface area contributed by atoms with Crippen LogP contribution in [0.3, 0.4) is 0 Å². The number of aromatic nitrogens is 3. The predicted octanol–water partition coefficient (Wildman–Crippen LogP) is -0.374. The minimum Gasteiger partial charge on any atom is -0.463 e. The molecule has 0 aromatic carbocycles. The van der Waals surface area contributed by atoms with E-state index in [9.17, 15) is 4.79 Å². The molecule has 0 amide bonds. The van der Waals surface area contributed by atoms with E-state index in [1.54, 1.807) is 4.57 Å². The Bertz CT molecular complexity index is 308. The molecule has 0 N–H and O–H groups in total. The predicted molar refractivity (Wildman–Crippen MR) is 49.9 cm³/mol. The Hall–Kier alpha value is -1.43. The first-order valence-corrected chi connectivity index (χ1v) is 4.26. The van der Waals surface area contributed by atoms with Crippen LogP contribution in [0.25, 0.3) is 0 Å². The lowest BCUT2D eigenvalue weighted by Gasteiger charge is -2.10. The summed E-state index contributed by atoms with van der Waals surface area (Å²) in [7, 11) is 5.25. The summed E-state index contributed by atoms with van der Waals surface area (Å²) in [5, 5.41) is 7.35. The average Bonchev–Trinajstić information content (AvgIpc) is 2.61. The fourth-order valence-corrected chi connectivity index (χ4v) is 0.976. The zero-order valence-electron chi connectivity index (χ0n) is 8.60. The van der Waals surface area contributed by atoms with Crippen LogP contribution in [0.1, 0.15) is 10.6 Å². The number of carbonyl (C=O) groups is 1. The van der Waals surface area contributed by atoms with Crippen molar-refractivity contribution in [3.63, 3.8) is 0 Å². The standard InChI is InChI=1S/C8H14N4O2/c1-11(2)4-5-12-6-9-10-7(12)8(13)14-3/h6H,4-5H2,1-3H3. The number of hydrogen-bond acceptors (Lipinski definition) is 5. The van der Waals surface area contributed by atoms with E-state index in [2.05, 4.69) is 14.9 Å². The van der Waals surface area contributed by atoms with E-state index in [4.69, 9.17) is 0 Å². The molecule has 0 spiro atoms. The summed E-state index contributed by atoms with van der Waals surface area (Å²) in [6, 6.07) is 0. The third-order valence-electron chi connectivity index (χ3n) is 1.77. The van der Waals surface area contributed by atoms with Crippen molar-refractivity contribution in [1.82, 2.24) is 19.7 Å². The number of hydrogen-bond donors (Lipinski definition) is 0. The van der Waals surface area contributed by atoms with Gasteiger partial charge < -0.3 is 14.2 Å². The second kappa shape index (κ2) is 4.71. The van der Waals surface area contributed by atoms with Gasteiger partial charge in [-0.2, -0.15) is 0 Å². The number of rotatable bonds is 4. The zero-order chi connectivity index (χ0) is 10.6. The summed E-state index contributed by atoms with van der Waals surface area (Å²) in [6.07, 6.45) is 1.52. The van der Waals surface area contributed by atoms with E-state index in [1.807, 2.05) is 19.0 Å². The Kier molecular flexibility index (Phi) is 3.58. The summed E-state index contributed by atoms with van der Waals surface area (Å²) < 4.78 is 6.24. The van der Waals surface area contributed by atoms with Crippen LogP contribution >= 0.6 is 0 Å². The SMILES string of the molecule is COC(=O)c1nncn1CCN(C)C. The van der Waals surface area contributed by atoms with Gasteiger partial charge in [0.15, 0.2) is 0 Å². The molecule has 1 rings (SSSR count). The van der Waals surface area contributed by atoms with Crippen molar-refractivity contribution in [1.29, 1.82) is 0 Å². The first-order chi connectivity index (χ1) is 6.65. The minimum atomic E-state index is -0.457. The van der Waals surface area contributed by atoms with Crippen molar-refractivity contribution in [2.45, 2.75) is 6.54 Å². The summed E-state index contributed by atoms with van der Waals surface area (Å²) in [4.78, 5) is 13.2. The Morgan fingerprint density at radius 3 is 2.93 bits per heavy atom. The summed E-state index contributed by atoms with van der Waals surface area (Å²) in [5.74, 6) is -0.212. The van der Waals surface area contributed by atoms with Gasteiger partial charge in [0.1, 0.15) is 6.33 Å². The lowest BCUT2D eigenvalue weighted by molar-refractivity contribution is 0.0580. The third kappa shape index (κ3) is 2.53. The summed E-state index contributed by atoms with van der Waals surface area (Å²) >= 11 is 0. The lowest BCUT2D eigenvalue weighted by atomic mass is 10.5. The van der Waals surface area contributed by atoms with Gasteiger partial charge in [0.2, 0.25) is 5.82 Å². The van der Waals surface area contributed by atoms with Crippen LogP contribution in [0.5, 0.6) is 0 Å². The van der Waals surface area contributed by atoms with Crippen molar-refractivity contribution in [2.75, 3.05) is 27.7 Å². The van der Waals surface area contributed by atoms with Crippen molar-refractivity contribution >= 4 is 5.97 Å². The number of methoxy groups -OCH3 is 1. The number of esters is 1. The molecule has 0 aliphatic carbocycles. The molecule has 0 radical (unpaired) electrons. The molecule has 1 aromatic heterocycles.